The number of hydrogen-bond donors (Lipinski definition) is 1. The summed E-state index contributed by atoms with van der Waals surface area (Å²) in [5.74, 6) is -0.248. The number of aromatic nitrogens is 5. The maximum absolute atomic E-state index is 12.4. The van der Waals surface area contributed by atoms with Crippen LogP contribution in [0.25, 0.3) is 16.1 Å². The summed E-state index contributed by atoms with van der Waals surface area (Å²) in [6, 6.07) is 13.6. The Morgan fingerprint density at radius 2 is 1.93 bits per heavy atom. The van der Waals surface area contributed by atoms with Gasteiger partial charge in [-0.2, -0.15) is 15.0 Å². The maximum Gasteiger partial charge on any atom is 0.273 e. The third-order valence-electron chi connectivity index (χ3n) is 4.47. The van der Waals surface area contributed by atoms with Gasteiger partial charge in [-0.1, -0.05) is 24.3 Å². The molecule has 3 heterocycles. The molecule has 8 heteroatoms. The van der Waals surface area contributed by atoms with E-state index in [4.69, 9.17) is 0 Å². The minimum Gasteiger partial charge on any atom is -0.349 e. The number of nitrogens with zero attached hydrogens (tertiary/aromatic N) is 5. The van der Waals surface area contributed by atoms with E-state index in [1.54, 1.807) is 11.3 Å². The molecule has 3 aromatic heterocycles. The van der Waals surface area contributed by atoms with Gasteiger partial charge in [-0.3, -0.25) is 9.48 Å². The van der Waals surface area contributed by atoms with E-state index in [2.05, 4.69) is 39.0 Å². The number of rotatable bonds is 6. The predicted octanol–water partition coefficient (Wildman–Crippen LogP) is 3.24. The molecule has 7 nitrogen and oxygen atoms in total. The molecule has 0 bridgehead atoms. The fourth-order valence-electron chi connectivity index (χ4n) is 3.11. The average molecular weight is 392 g/mol. The number of carbonyl (C=O) groups excluding carboxylic acids is 1. The summed E-state index contributed by atoms with van der Waals surface area (Å²) in [4.78, 5) is 15.0. The molecule has 0 radical (unpaired) electrons. The zero-order valence-corrected chi connectivity index (χ0v) is 16.5. The second kappa shape index (κ2) is 7.77. The molecule has 1 aromatic carbocycles. The molecule has 0 fully saturated rings. The molecule has 1 N–H and O–H groups in total. The molecule has 0 spiro atoms. The van der Waals surface area contributed by atoms with Crippen LogP contribution in [0, 0.1) is 13.8 Å². The van der Waals surface area contributed by atoms with Crippen LogP contribution in [0.5, 0.6) is 0 Å². The van der Waals surface area contributed by atoms with Crippen LogP contribution in [0.1, 0.15) is 21.9 Å². The Balaban J connectivity index is 1.39. The third kappa shape index (κ3) is 3.59. The van der Waals surface area contributed by atoms with Gasteiger partial charge in [-0.25, -0.2) is 0 Å². The number of para-hydroxylation sites is 1. The first kappa shape index (κ1) is 18.1. The number of carbonyl (C=O) groups is 1. The van der Waals surface area contributed by atoms with E-state index in [1.165, 1.54) is 21.4 Å². The van der Waals surface area contributed by atoms with Crippen molar-refractivity contribution in [1.82, 2.24) is 30.1 Å². The van der Waals surface area contributed by atoms with Crippen molar-refractivity contribution in [1.29, 1.82) is 0 Å². The van der Waals surface area contributed by atoms with Crippen molar-refractivity contribution in [2.24, 2.45) is 0 Å². The lowest BCUT2D eigenvalue weighted by molar-refractivity contribution is 0.0946. The Labute approximate surface area is 166 Å². The Hall–Kier alpha value is -3.26. The molecule has 142 valence electrons. The summed E-state index contributed by atoms with van der Waals surface area (Å²) < 4.78 is 1.94. The molecule has 28 heavy (non-hydrogen) atoms. The molecule has 4 aromatic rings. The van der Waals surface area contributed by atoms with Gasteiger partial charge in [-0.05, 0) is 37.4 Å². The van der Waals surface area contributed by atoms with Gasteiger partial charge in [-0.15, -0.1) is 16.4 Å². The maximum atomic E-state index is 12.4. The second-order valence-electron chi connectivity index (χ2n) is 6.36. The van der Waals surface area contributed by atoms with Gasteiger partial charge in [0, 0.05) is 22.7 Å². The molecule has 0 saturated heterocycles. The summed E-state index contributed by atoms with van der Waals surface area (Å²) >= 11 is 1.70. The van der Waals surface area contributed by atoms with Gasteiger partial charge in [0.05, 0.1) is 24.1 Å². The van der Waals surface area contributed by atoms with Crippen LogP contribution in [0.3, 0.4) is 0 Å². The van der Waals surface area contributed by atoms with Gasteiger partial charge < -0.3 is 5.32 Å². The molecule has 1 amide bonds. The van der Waals surface area contributed by atoms with Gasteiger partial charge in [0.25, 0.3) is 5.91 Å². The highest BCUT2D eigenvalue weighted by molar-refractivity contribution is 7.13. The van der Waals surface area contributed by atoms with E-state index in [9.17, 15) is 4.79 Å². The van der Waals surface area contributed by atoms with E-state index >= 15 is 0 Å². The van der Waals surface area contributed by atoms with Gasteiger partial charge in [0.1, 0.15) is 0 Å². The Morgan fingerprint density at radius 3 is 2.68 bits per heavy atom. The minimum atomic E-state index is -0.248. The van der Waals surface area contributed by atoms with E-state index in [-0.39, 0.29) is 11.6 Å². The van der Waals surface area contributed by atoms with Crippen LogP contribution < -0.4 is 5.32 Å². The van der Waals surface area contributed by atoms with E-state index in [0.29, 0.717) is 13.1 Å². The van der Waals surface area contributed by atoms with Crippen LogP contribution in [-0.2, 0) is 6.54 Å². The molecule has 0 aliphatic rings. The van der Waals surface area contributed by atoms with Crippen molar-refractivity contribution in [3.63, 3.8) is 0 Å². The molecule has 0 saturated carbocycles. The van der Waals surface area contributed by atoms with Crippen molar-refractivity contribution < 1.29 is 4.79 Å². The highest BCUT2D eigenvalue weighted by Gasteiger charge is 2.15. The first-order valence-corrected chi connectivity index (χ1v) is 9.85. The monoisotopic (exact) mass is 392 g/mol. The molecule has 4 rings (SSSR count). The van der Waals surface area contributed by atoms with Crippen molar-refractivity contribution >= 4 is 17.2 Å². The zero-order valence-electron chi connectivity index (χ0n) is 15.7. The first-order valence-electron chi connectivity index (χ1n) is 8.97. The lowest BCUT2D eigenvalue weighted by Gasteiger charge is -2.06. The fourth-order valence-corrected chi connectivity index (χ4v) is 3.98. The van der Waals surface area contributed by atoms with Crippen molar-refractivity contribution in [2.45, 2.75) is 20.4 Å². The van der Waals surface area contributed by atoms with Gasteiger partial charge in [0.2, 0.25) is 0 Å². The number of aryl methyl sites for hydroxylation is 1. The smallest absolute Gasteiger partial charge is 0.273 e. The van der Waals surface area contributed by atoms with Crippen LogP contribution in [-0.4, -0.2) is 37.2 Å². The SMILES string of the molecule is Cc1nn(CCNC(=O)c2cnn(-c3ccccc3)n2)c(C)c1-c1cccs1. The Morgan fingerprint density at radius 1 is 1.11 bits per heavy atom. The summed E-state index contributed by atoms with van der Waals surface area (Å²) in [5, 5.41) is 18.0. The van der Waals surface area contributed by atoms with E-state index in [0.717, 1.165) is 17.1 Å². The number of benzene rings is 1. The van der Waals surface area contributed by atoms with Crippen LogP contribution >= 0.6 is 11.3 Å². The van der Waals surface area contributed by atoms with Crippen molar-refractivity contribution in [3.8, 4) is 16.1 Å². The third-order valence-corrected chi connectivity index (χ3v) is 5.36. The van der Waals surface area contributed by atoms with Crippen LogP contribution in [0.15, 0.2) is 54.0 Å². The molecule has 0 aliphatic carbocycles. The second-order valence-corrected chi connectivity index (χ2v) is 7.30. The standard InChI is InChI=1S/C20H20N6OS/c1-14-19(18-9-6-12-28-18)15(2)25(23-14)11-10-21-20(27)17-13-22-26(24-17)16-7-4-3-5-8-16/h3-9,12-13H,10-11H2,1-2H3,(H,21,27). The average Bonchev–Trinajstić information content (AvgIpc) is 3.44. The van der Waals surface area contributed by atoms with Crippen molar-refractivity contribution in [2.75, 3.05) is 6.54 Å². The predicted molar refractivity (Wildman–Crippen MR) is 109 cm³/mol. The quantitative estimate of drug-likeness (QED) is 0.546. The summed E-state index contributed by atoms with van der Waals surface area (Å²) in [7, 11) is 0. The zero-order chi connectivity index (χ0) is 19.5. The van der Waals surface area contributed by atoms with Crippen molar-refractivity contribution in [3.05, 3.63) is 71.1 Å². The lowest BCUT2D eigenvalue weighted by atomic mass is 10.1. The molecular weight excluding hydrogens is 372 g/mol. The molecular formula is C20H20N6OS. The number of thiophene rings is 1. The van der Waals surface area contributed by atoms with Gasteiger partial charge in [0.15, 0.2) is 5.69 Å². The summed E-state index contributed by atoms with van der Waals surface area (Å²) in [6.45, 7) is 5.13. The summed E-state index contributed by atoms with van der Waals surface area (Å²) in [5.41, 5.74) is 4.37. The van der Waals surface area contributed by atoms with E-state index < -0.39 is 0 Å². The Bertz CT molecular complexity index is 1080. The molecule has 0 atom stereocenters. The number of amides is 1. The fraction of sp³-hybridized carbons (Fsp3) is 0.200. The minimum absolute atomic E-state index is 0.248. The lowest BCUT2D eigenvalue weighted by Crippen LogP contribution is -2.28. The number of hydrogen-bond acceptors (Lipinski definition) is 5. The van der Waals surface area contributed by atoms with Crippen LogP contribution in [0.2, 0.25) is 0 Å². The molecule has 0 aliphatic heterocycles. The Kier molecular flexibility index (Phi) is 5.03. The highest BCUT2D eigenvalue weighted by atomic mass is 32.1. The first-order chi connectivity index (χ1) is 13.6. The highest BCUT2D eigenvalue weighted by Crippen LogP contribution is 2.30. The normalized spacial score (nSPS) is 10.9. The topological polar surface area (TPSA) is 77.6 Å². The molecule has 0 unspecified atom stereocenters. The number of nitrogens with one attached hydrogen (secondary N) is 1. The van der Waals surface area contributed by atoms with Gasteiger partial charge >= 0.3 is 0 Å². The van der Waals surface area contributed by atoms with E-state index in [1.807, 2.05) is 48.0 Å². The summed E-state index contributed by atoms with van der Waals surface area (Å²) in [6.07, 6.45) is 1.47. The largest absolute Gasteiger partial charge is 0.349 e. The van der Waals surface area contributed by atoms with Crippen LogP contribution in [0.4, 0.5) is 0 Å².